The van der Waals surface area contributed by atoms with E-state index in [1.165, 1.54) is 12.5 Å². The fraction of sp³-hybridized carbons (Fsp3) is 0.444. The number of thioether (sulfide) groups is 1. The van der Waals surface area contributed by atoms with E-state index in [1.54, 1.807) is 11.8 Å². The first-order chi connectivity index (χ1) is 7.27. The predicted octanol–water partition coefficient (Wildman–Crippen LogP) is 0.807. The Balaban J connectivity index is 2.02. The number of aromatic carboxylic acids is 1. The molecule has 0 spiro atoms. The SMILES string of the molecule is O=C(O)c1cncnc1CSC1COC1. The molecule has 0 saturated carbocycles. The molecule has 6 heteroatoms. The van der Waals surface area contributed by atoms with Gasteiger partial charge in [-0.05, 0) is 0 Å². The molecule has 1 aliphatic heterocycles. The van der Waals surface area contributed by atoms with Crippen LogP contribution in [0.15, 0.2) is 12.5 Å². The third kappa shape index (κ3) is 2.45. The highest BCUT2D eigenvalue weighted by molar-refractivity contribution is 7.99. The van der Waals surface area contributed by atoms with Crippen molar-refractivity contribution in [3.63, 3.8) is 0 Å². The Morgan fingerprint density at radius 2 is 2.47 bits per heavy atom. The molecule has 0 atom stereocenters. The topological polar surface area (TPSA) is 72.3 Å². The Labute approximate surface area is 90.9 Å². The molecule has 1 aromatic rings. The molecule has 2 heterocycles. The monoisotopic (exact) mass is 226 g/mol. The largest absolute Gasteiger partial charge is 0.478 e. The van der Waals surface area contributed by atoms with Crippen LogP contribution in [0.3, 0.4) is 0 Å². The molecule has 1 N–H and O–H groups in total. The van der Waals surface area contributed by atoms with E-state index in [2.05, 4.69) is 9.97 Å². The maximum Gasteiger partial charge on any atom is 0.339 e. The summed E-state index contributed by atoms with van der Waals surface area (Å²) < 4.78 is 5.03. The van der Waals surface area contributed by atoms with E-state index in [0.29, 0.717) is 16.7 Å². The average Bonchev–Trinajstić information content (AvgIpc) is 2.16. The Kier molecular flexibility index (Phi) is 3.17. The van der Waals surface area contributed by atoms with Crippen LogP contribution >= 0.6 is 11.8 Å². The van der Waals surface area contributed by atoms with Crippen LogP contribution in [0.4, 0.5) is 0 Å². The molecular weight excluding hydrogens is 216 g/mol. The minimum atomic E-state index is -0.976. The third-order valence-corrected chi connectivity index (χ3v) is 3.27. The molecule has 80 valence electrons. The van der Waals surface area contributed by atoms with Gasteiger partial charge < -0.3 is 9.84 Å². The number of hydrogen-bond donors (Lipinski definition) is 1. The van der Waals surface area contributed by atoms with Gasteiger partial charge in [0.1, 0.15) is 11.9 Å². The molecule has 1 aliphatic rings. The summed E-state index contributed by atoms with van der Waals surface area (Å²) in [5, 5.41) is 9.36. The van der Waals surface area contributed by atoms with Gasteiger partial charge in [-0.1, -0.05) is 0 Å². The van der Waals surface area contributed by atoms with E-state index in [1.807, 2.05) is 0 Å². The van der Waals surface area contributed by atoms with Crippen LogP contribution in [-0.2, 0) is 10.5 Å². The third-order valence-electron chi connectivity index (χ3n) is 2.09. The van der Waals surface area contributed by atoms with E-state index in [-0.39, 0.29) is 5.56 Å². The van der Waals surface area contributed by atoms with Gasteiger partial charge in [0.15, 0.2) is 0 Å². The summed E-state index contributed by atoms with van der Waals surface area (Å²) in [6, 6.07) is 0. The number of nitrogens with zero attached hydrogens (tertiary/aromatic N) is 2. The predicted molar refractivity (Wildman–Crippen MR) is 54.9 cm³/mol. The molecule has 0 aliphatic carbocycles. The lowest BCUT2D eigenvalue weighted by molar-refractivity contribution is 0.0455. The molecule has 15 heavy (non-hydrogen) atoms. The zero-order chi connectivity index (χ0) is 10.7. The molecular formula is C9H10N2O3S. The number of carbonyl (C=O) groups is 1. The fourth-order valence-electron chi connectivity index (χ4n) is 1.16. The number of ether oxygens (including phenoxy) is 1. The van der Waals surface area contributed by atoms with E-state index in [9.17, 15) is 4.79 Å². The summed E-state index contributed by atoms with van der Waals surface area (Å²) in [7, 11) is 0. The Hall–Kier alpha value is -1.14. The van der Waals surface area contributed by atoms with Gasteiger partial charge in [0.2, 0.25) is 0 Å². The lowest BCUT2D eigenvalue weighted by Gasteiger charge is -2.25. The highest BCUT2D eigenvalue weighted by Gasteiger charge is 2.20. The first-order valence-electron chi connectivity index (χ1n) is 4.49. The smallest absolute Gasteiger partial charge is 0.339 e. The van der Waals surface area contributed by atoms with Crippen molar-refractivity contribution in [3.8, 4) is 0 Å². The van der Waals surface area contributed by atoms with Crippen molar-refractivity contribution in [2.24, 2.45) is 0 Å². The second-order valence-corrected chi connectivity index (χ2v) is 4.45. The summed E-state index contributed by atoms with van der Waals surface area (Å²) >= 11 is 1.67. The van der Waals surface area contributed by atoms with E-state index in [4.69, 9.17) is 9.84 Å². The van der Waals surface area contributed by atoms with E-state index >= 15 is 0 Å². The van der Waals surface area contributed by atoms with Crippen molar-refractivity contribution in [2.45, 2.75) is 11.0 Å². The van der Waals surface area contributed by atoms with Crippen LogP contribution in [-0.4, -0.2) is 39.5 Å². The minimum absolute atomic E-state index is 0.185. The number of carboxylic acid groups (broad SMARTS) is 1. The van der Waals surface area contributed by atoms with E-state index in [0.717, 1.165) is 13.2 Å². The molecule has 1 saturated heterocycles. The molecule has 0 unspecified atom stereocenters. The van der Waals surface area contributed by atoms with Crippen LogP contribution in [0, 0.1) is 0 Å². The summed E-state index contributed by atoms with van der Waals surface area (Å²) in [4.78, 5) is 18.5. The van der Waals surface area contributed by atoms with Crippen molar-refractivity contribution in [1.29, 1.82) is 0 Å². The van der Waals surface area contributed by atoms with Crippen LogP contribution < -0.4 is 0 Å². The number of carboxylic acids is 1. The first-order valence-corrected chi connectivity index (χ1v) is 5.54. The van der Waals surface area contributed by atoms with Crippen LogP contribution in [0.1, 0.15) is 16.1 Å². The van der Waals surface area contributed by atoms with Crippen molar-refractivity contribution >= 4 is 17.7 Å². The van der Waals surface area contributed by atoms with Crippen molar-refractivity contribution in [2.75, 3.05) is 13.2 Å². The van der Waals surface area contributed by atoms with Gasteiger partial charge in [-0.25, -0.2) is 14.8 Å². The summed E-state index contributed by atoms with van der Waals surface area (Å²) in [5.41, 5.74) is 0.764. The average molecular weight is 226 g/mol. The number of hydrogen-bond acceptors (Lipinski definition) is 5. The number of aromatic nitrogens is 2. The summed E-state index contributed by atoms with van der Waals surface area (Å²) in [6.45, 7) is 1.50. The molecule has 0 aromatic carbocycles. The van der Waals surface area contributed by atoms with Gasteiger partial charge in [0.25, 0.3) is 0 Å². The van der Waals surface area contributed by atoms with Gasteiger partial charge >= 0.3 is 5.97 Å². The van der Waals surface area contributed by atoms with Crippen LogP contribution in [0.25, 0.3) is 0 Å². The lowest BCUT2D eigenvalue weighted by Crippen LogP contribution is -2.30. The molecule has 1 aromatic heterocycles. The van der Waals surface area contributed by atoms with Gasteiger partial charge in [-0.15, -0.1) is 11.8 Å². The quantitative estimate of drug-likeness (QED) is 0.819. The second-order valence-electron chi connectivity index (χ2n) is 3.16. The lowest BCUT2D eigenvalue weighted by atomic mass is 10.2. The molecule has 0 bridgehead atoms. The van der Waals surface area contributed by atoms with Gasteiger partial charge in [-0.3, -0.25) is 0 Å². The molecule has 1 fully saturated rings. The maximum atomic E-state index is 10.8. The fourth-order valence-corrected chi connectivity index (χ4v) is 2.16. The van der Waals surface area contributed by atoms with Crippen LogP contribution in [0.5, 0.6) is 0 Å². The molecule has 2 rings (SSSR count). The first kappa shape index (κ1) is 10.4. The second kappa shape index (κ2) is 4.59. The van der Waals surface area contributed by atoms with Crippen molar-refractivity contribution < 1.29 is 14.6 Å². The standard InChI is InChI=1S/C9H10N2O3S/c12-9(13)7-1-10-5-11-8(7)4-15-6-2-14-3-6/h1,5-6H,2-4H2,(H,12,13). The van der Waals surface area contributed by atoms with Gasteiger partial charge in [0.05, 0.1) is 24.2 Å². The maximum absolute atomic E-state index is 10.8. The normalized spacial score (nSPS) is 16.0. The molecule has 0 amide bonds. The highest BCUT2D eigenvalue weighted by Crippen LogP contribution is 2.23. The number of rotatable bonds is 4. The zero-order valence-corrected chi connectivity index (χ0v) is 8.74. The Bertz CT molecular complexity index is 368. The summed E-state index contributed by atoms with van der Waals surface area (Å²) in [6.07, 6.45) is 2.71. The van der Waals surface area contributed by atoms with E-state index < -0.39 is 5.97 Å². The van der Waals surface area contributed by atoms with Gasteiger partial charge in [0, 0.05) is 11.9 Å². The molecule has 5 nitrogen and oxygen atoms in total. The van der Waals surface area contributed by atoms with Crippen LogP contribution in [0.2, 0.25) is 0 Å². The van der Waals surface area contributed by atoms with Gasteiger partial charge in [-0.2, -0.15) is 0 Å². The highest BCUT2D eigenvalue weighted by atomic mass is 32.2. The molecule has 0 radical (unpaired) electrons. The van der Waals surface area contributed by atoms with Crippen molar-refractivity contribution in [1.82, 2.24) is 9.97 Å². The minimum Gasteiger partial charge on any atom is -0.478 e. The zero-order valence-electron chi connectivity index (χ0n) is 7.92. The Morgan fingerprint density at radius 1 is 1.67 bits per heavy atom. The van der Waals surface area contributed by atoms with Crippen molar-refractivity contribution in [3.05, 3.63) is 23.8 Å². The summed E-state index contributed by atoms with van der Waals surface area (Å²) in [5.74, 6) is -0.380. The Morgan fingerprint density at radius 3 is 3.07 bits per heavy atom.